The van der Waals surface area contributed by atoms with Crippen molar-refractivity contribution in [2.75, 3.05) is 44.1 Å². The van der Waals surface area contributed by atoms with E-state index < -0.39 is 0 Å². The second-order valence-corrected chi connectivity index (χ2v) is 5.13. The number of hydrogen-bond acceptors (Lipinski definition) is 8. The Morgan fingerprint density at radius 2 is 1.95 bits per heavy atom. The minimum Gasteiger partial charge on any atom is -0.463 e. The first kappa shape index (κ1) is 17.4. The third kappa shape index (κ3) is 5.31. The van der Waals surface area contributed by atoms with Crippen LogP contribution >= 0.6 is 0 Å². The second kappa shape index (κ2) is 8.58. The van der Waals surface area contributed by atoms with E-state index in [1.165, 1.54) is 0 Å². The number of hydrazine groups is 1. The van der Waals surface area contributed by atoms with Gasteiger partial charge in [-0.25, -0.2) is 5.84 Å². The smallest absolute Gasteiger partial charge is 0.323 e. The predicted molar refractivity (Wildman–Crippen MR) is 84.5 cm³/mol. The maximum atomic E-state index is 5.50. The maximum Gasteiger partial charge on any atom is 0.323 e. The van der Waals surface area contributed by atoms with Gasteiger partial charge in [0.1, 0.15) is 0 Å². The molecule has 8 heteroatoms. The lowest BCUT2D eigenvalue weighted by Gasteiger charge is -2.30. The first-order valence-electron chi connectivity index (χ1n) is 7.28. The van der Waals surface area contributed by atoms with Gasteiger partial charge in [0.2, 0.25) is 11.9 Å². The summed E-state index contributed by atoms with van der Waals surface area (Å²) < 4.78 is 5.50. The average molecular weight is 297 g/mol. The molecule has 0 aromatic carbocycles. The second-order valence-electron chi connectivity index (χ2n) is 5.13. The number of nitrogens with zero attached hydrogens (tertiary/aromatic N) is 5. The summed E-state index contributed by atoms with van der Waals surface area (Å²) in [4.78, 5) is 17.1. The van der Waals surface area contributed by atoms with Crippen LogP contribution in [-0.2, 0) is 0 Å². The van der Waals surface area contributed by atoms with Crippen LogP contribution in [0, 0.1) is 0 Å². The van der Waals surface area contributed by atoms with Gasteiger partial charge in [0.05, 0.1) is 6.61 Å². The molecule has 120 valence electrons. The Morgan fingerprint density at radius 1 is 1.24 bits per heavy atom. The molecule has 1 aromatic rings. The van der Waals surface area contributed by atoms with Gasteiger partial charge in [-0.05, 0) is 34.4 Å². The molecule has 0 saturated carbocycles. The molecule has 0 radical (unpaired) electrons. The molecule has 0 bridgehead atoms. The Labute approximate surface area is 126 Å². The molecular weight excluding hydrogens is 270 g/mol. The molecule has 1 unspecified atom stereocenters. The minimum atomic E-state index is 0.261. The molecule has 1 atom stereocenters. The molecule has 1 aromatic heterocycles. The quantitative estimate of drug-likeness (QED) is 0.509. The van der Waals surface area contributed by atoms with E-state index in [0.717, 1.165) is 19.5 Å². The molecule has 0 fully saturated rings. The molecule has 0 aliphatic rings. The average Bonchev–Trinajstić information content (AvgIpc) is 2.44. The number of aromatic nitrogens is 3. The fourth-order valence-corrected chi connectivity index (χ4v) is 2.07. The van der Waals surface area contributed by atoms with E-state index in [4.69, 9.17) is 10.6 Å². The Kier molecular flexibility index (Phi) is 7.10. The molecule has 0 saturated heterocycles. The number of ether oxygens (including phenoxy) is 1. The summed E-state index contributed by atoms with van der Waals surface area (Å²) in [7, 11) is 4.08. The van der Waals surface area contributed by atoms with Crippen molar-refractivity contribution >= 4 is 11.9 Å². The van der Waals surface area contributed by atoms with E-state index >= 15 is 0 Å². The molecule has 0 aliphatic carbocycles. The first-order chi connectivity index (χ1) is 10.0. The normalized spacial score (nSPS) is 12.3. The highest BCUT2D eigenvalue weighted by atomic mass is 16.5. The first-order valence-corrected chi connectivity index (χ1v) is 7.28. The predicted octanol–water partition coefficient (Wildman–Crippen LogP) is 0.722. The van der Waals surface area contributed by atoms with Gasteiger partial charge in [-0.1, -0.05) is 6.92 Å². The van der Waals surface area contributed by atoms with Crippen LogP contribution in [-0.4, -0.2) is 59.7 Å². The van der Waals surface area contributed by atoms with E-state index in [9.17, 15) is 0 Å². The summed E-state index contributed by atoms with van der Waals surface area (Å²) in [5.74, 6) is 6.31. The van der Waals surface area contributed by atoms with E-state index in [2.05, 4.69) is 44.0 Å². The fraction of sp³-hybridized carbons (Fsp3) is 0.769. The van der Waals surface area contributed by atoms with Gasteiger partial charge in [0.25, 0.3) is 0 Å². The zero-order valence-electron chi connectivity index (χ0n) is 13.6. The summed E-state index contributed by atoms with van der Waals surface area (Å²) in [6.07, 6.45) is 0.890. The summed E-state index contributed by atoms with van der Waals surface area (Å²) >= 11 is 0. The van der Waals surface area contributed by atoms with Crippen molar-refractivity contribution in [2.45, 2.75) is 33.2 Å². The van der Waals surface area contributed by atoms with Gasteiger partial charge in [-0.2, -0.15) is 15.0 Å². The Balaban J connectivity index is 3.01. The highest BCUT2D eigenvalue weighted by Crippen LogP contribution is 2.17. The number of rotatable bonds is 9. The molecule has 8 nitrogen and oxygen atoms in total. The van der Waals surface area contributed by atoms with Crippen LogP contribution in [0.15, 0.2) is 0 Å². The van der Waals surface area contributed by atoms with Crippen LogP contribution in [0.1, 0.15) is 27.2 Å². The van der Waals surface area contributed by atoms with Gasteiger partial charge in [0, 0.05) is 19.1 Å². The topological polar surface area (TPSA) is 92.4 Å². The van der Waals surface area contributed by atoms with Gasteiger partial charge < -0.3 is 14.5 Å². The number of hydrogen-bond donors (Lipinski definition) is 2. The van der Waals surface area contributed by atoms with Gasteiger partial charge in [0.15, 0.2) is 0 Å². The number of nitrogen functional groups attached to an aromatic ring is 1. The maximum absolute atomic E-state index is 5.50. The molecule has 0 amide bonds. The van der Waals surface area contributed by atoms with Crippen LogP contribution in [0.4, 0.5) is 11.9 Å². The standard InChI is InChI=1S/C13H27N7O/c1-6-8-21-13-16-11(18-14)15-12(17-13)20(7-2)10(3)9-19(4)5/h10H,6-9,14H2,1-5H3,(H,15,16,17,18). The van der Waals surface area contributed by atoms with Gasteiger partial charge in [-0.3, -0.25) is 5.43 Å². The van der Waals surface area contributed by atoms with Crippen molar-refractivity contribution in [1.29, 1.82) is 0 Å². The summed E-state index contributed by atoms with van der Waals surface area (Å²) in [5, 5.41) is 0. The molecule has 21 heavy (non-hydrogen) atoms. The van der Waals surface area contributed by atoms with Crippen LogP contribution in [0.5, 0.6) is 6.01 Å². The molecular formula is C13H27N7O. The van der Waals surface area contributed by atoms with Crippen molar-refractivity contribution in [1.82, 2.24) is 19.9 Å². The lowest BCUT2D eigenvalue weighted by atomic mass is 10.3. The number of anilines is 2. The van der Waals surface area contributed by atoms with E-state index in [1.54, 1.807) is 0 Å². The Bertz CT molecular complexity index is 427. The fourth-order valence-electron chi connectivity index (χ4n) is 2.07. The van der Waals surface area contributed by atoms with Crippen molar-refractivity contribution < 1.29 is 4.74 Å². The highest BCUT2D eigenvalue weighted by molar-refractivity contribution is 5.38. The summed E-state index contributed by atoms with van der Waals surface area (Å²) in [6.45, 7) is 8.48. The Morgan fingerprint density at radius 3 is 2.48 bits per heavy atom. The van der Waals surface area contributed by atoms with Crippen molar-refractivity contribution in [3.63, 3.8) is 0 Å². The minimum absolute atomic E-state index is 0.261. The van der Waals surface area contributed by atoms with E-state index in [1.807, 2.05) is 21.0 Å². The number of likely N-dealkylation sites (N-methyl/N-ethyl adjacent to an activating group) is 2. The van der Waals surface area contributed by atoms with Crippen LogP contribution in [0.3, 0.4) is 0 Å². The van der Waals surface area contributed by atoms with Gasteiger partial charge >= 0.3 is 6.01 Å². The molecule has 3 N–H and O–H groups in total. The monoisotopic (exact) mass is 297 g/mol. The molecule has 1 heterocycles. The third-order valence-corrected chi connectivity index (χ3v) is 2.93. The van der Waals surface area contributed by atoms with Crippen LogP contribution < -0.4 is 20.9 Å². The van der Waals surface area contributed by atoms with E-state index in [-0.39, 0.29) is 6.04 Å². The summed E-state index contributed by atoms with van der Waals surface area (Å²) in [6, 6.07) is 0.558. The lowest BCUT2D eigenvalue weighted by molar-refractivity contribution is 0.291. The van der Waals surface area contributed by atoms with Gasteiger partial charge in [-0.15, -0.1) is 0 Å². The molecule has 0 aliphatic heterocycles. The molecule has 1 rings (SSSR count). The largest absolute Gasteiger partial charge is 0.463 e. The van der Waals surface area contributed by atoms with Crippen LogP contribution in [0.25, 0.3) is 0 Å². The third-order valence-electron chi connectivity index (χ3n) is 2.93. The summed E-state index contributed by atoms with van der Waals surface area (Å²) in [5.41, 5.74) is 2.46. The SMILES string of the molecule is CCCOc1nc(NN)nc(N(CC)C(C)CN(C)C)n1. The number of nitrogens with two attached hydrogens (primary N) is 1. The van der Waals surface area contributed by atoms with E-state index in [0.29, 0.717) is 24.5 Å². The lowest BCUT2D eigenvalue weighted by Crippen LogP contribution is -2.41. The number of nitrogens with one attached hydrogen (secondary N) is 1. The molecule has 0 spiro atoms. The van der Waals surface area contributed by atoms with Crippen molar-refractivity contribution in [3.05, 3.63) is 0 Å². The van der Waals surface area contributed by atoms with Crippen molar-refractivity contribution in [3.8, 4) is 6.01 Å². The zero-order valence-corrected chi connectivity index (χ0v) is 13.6. The van der Waals surface area contributed by atoms with Crippen molar-refractivity contribution in [2.24, 2.45) is 5.84 Å². The Hall–Kier alpha value is -1.67. The van der Waals surface area contributed by atoms with Crippen LogP contribution in [0.2, 0.25) is 0 Å². The highest BCUT2D eigenvalue weighted by Gasteiger charge is 2.18. The zero-order chi connectivity index (χ0) is 15.8.